The SMILES string of the molecule is Cc1c(-c2ccc(F)cc2)oc2ccc(Oc3cc(N)ccc3N)cc2c1=O. The fourth-order valence-electron chi connectivity index (χ4n) is 2.97. The minimum atomic E-state index is -0.354. The maximum absolute atomic E-state index is 13.2. The van der Waals surface area contributed by atoms with Gasteiger partial charge >= 0.3 is 0 Å². The third-order valence-electron chi connectivity index (χ3n) is 4.46. The Balaban J connectivity index is 1.79. The first-order chi connectivity index (χ1) is 13.4. The third kappa shape index (κ3) is 3.16. The van der Waals surface area contributed by atoms with Crippen LogP contribution in [0.5, 0.6) is 11.5 Å². The zero-order chi connectivity index (χ0) is 19.8. The van der Waals surface area contributed by atoms with Gasteiger partial charge in [-0.2, -0.15) is 0 Å². The highest BCUT2D eigenvalue weighted by Gasteiger charge is 2.14. The lowest BCUT2D eigenvalue weighted by molar-refractivity contribution is 0.485. The van der Waals surface area contributed by atoms with Gasteiger partial charge in [-0.3, -0.25) is 4.79 Å². The number of rotatable bonds is 3. The monoisotopic (exact) mass is 376 g/mol. The summed E-state index contributed by atoms with van der Waals surface area (Å²) in [5, 5.41) is 0.378. The van der Waals surface area contributed by atoms with Crippen LogP contribution >= 0.6 is 0 Å². The molecule has 5 nitrogen and oxygen atoms in total. The molecule has 0 amide bonds. The largest absolute Gasteiger partial charge is 0.456 e. The van der Waals surface area contributed by atoms with Gasteiger partial charge in [0.15, 0.2) is 11.2 Å². The lowest BCUT2D eigenvalue weighted by Crippen LogP contribution is -2.07. The first-order valence-corrected chi connectivity index (χ1v) is 8.58. The molecule has 0 spiro atoms. The van der Waals surface area contributed by atoms with Crippen molar-refractivity contribution in [2.45, 2.75) is 6.92 Å². The zero-order valence-corrected chi connectivity index (χ0v) is 15.0. The van der Waals surface area contributed by atoms with Gasteiger partial charge in [0.25, 0.3) is 0 Å². The highest BCUT2D eigenvalue weighted by Crippen LogP contribution is 2.32. The molecule has 4 rings (SSSR count). The maximum atomic E-state index is 13.2. The van der Waals surface area contributed by atoms with E-state index >= 15 is 0 Å². The van der Waals surface area contributed by atoms with Crippen LogP contribution < -0.4 is 21.6 Å². The van der Waals surface area contributed by atoms with Crippen LogP contribution in [0.25, 0.3) is 22.3 Å². The van der Waals surface area contributed by atoms with Gasteiger partial charge in [-0.1, -0.05) is 0 Å². The van der Waals surface area contributed by atoms with Crippen molar-refractivity contribution >= 4 is 22.3 Å². The summed E-state index contributed by atoms with van der Waals surface area (Å²) < 4.78 is 24.9. The summed E-state index contributed by atoms with van der Waals surface area (Å²) in [6.07, 6.45) is 0. The predicted octanol–water partition coefficient (Wildman–Crippen LogP) is 4.86. The second-order valence-corrected chi connectivity index (χ2v) is 6.45. The topological polar surface area (TPSA) is 91.5 Å². The number of hydrogen-bond acceptors (Lipinski definition) is 5. The van der Waals surface area contributed by atoms with E-state index in [1.54, 1.807) is 55.5 Å². The molecule has 1 aromatic heterocycles. The fraction of sp³-hybridized carbons (Fsp3) is 0.0455. The van der Waals surface area contributed by atoms with Crippen molar-refractivity contribution in [3.8, 4) is 22.8 Å². The van der Waals surface area contributed by atoms with Crippen LogP contribution in [-0.4, -0.2) is 0 Å². The molecule has 0 fully saturated rings. The second-order valence-electron chi connectivity index (χ2n) is 6.45. The lowest BCUT2D eigenvalue weighted by atomic mass is 10.1. The molecular formula is C22H17FN2O3. The summed E-state index contributed by atoms with van der Waals surface area (Å²) in [5.74, 6) is 0.896. The Morgan fingerprint density at radius 2 is 1.71 bits per heavy atom. The zero-order valence-electron chi connectivity index (χ0n) is 15.0. The van der Waals surface area contributed by atoms with Crippen LogP contribution in [0.1, 0.15) is 5.56 Å². The second kappa shape index (κ2) is 6.74. The van der Waals surface area contributed by atoms with Crippen molar-refractivity contribution in [3.05, 3.63) is 82.3 Å². The van der Waals surface area contributed by atoms with Gasteiger partial charge in [0.05, 0.1) is 11.1 Å². The number of nitrogens with two attached hydrogens (primary N) is 2. The van der Waals surface area contributed by atoms with E-state index in [1.165, 1.54) is 12.1 Å². The van der Waals surface area contributed by atoms with E-state index in [1.807, 2.05) is 0 Å². The Bertz CT molecular complexity index is 1250. The van der Waals surface area contributed by atoms with Crippen LogP contribution in [-0.2, 0) is 0 Å². The summed E-state index contributed by atoms with van der Waals surface area (Å²) >= 11 is 0. The van der Waals surface area contributed by atoms with E-state index in [2.05, 4.69) is 0 Å². The average Bonchev–Trinajstić information content (AvgIpc) is 2.69. The Labute approximate surface area is 160 Å². The quantitative estimate of drug-likeness (QED) is 0.498. The molecule has 1 heterocycles. The first-order valence-electron chi connectivity index (χ1n) is 8.58. The smallest absolute Gasteiger partial charge is 0.196 e. The molecule has 0 saturated carbocycles. The molecule has 6 heteroatoms. The predicted molar refractivity (Wildman–Crippen MR) is 108 cm³/mol. The number of ether oxygens (including phenoxy) is 1. The molecule has 4 aromatic rings. The Kier molecular flexibility index (Phi) is 4.24. The molecule has 0 aliphatic rings. The number of fused-ring (bicyclic) bond motifs is 1. The van der Waals surface area contributed by atoms with Crippen LogP contribution in [0, 0.1) is 12.7 Å². The molecule has 0 unspecified atom stereocenters. The number of nitrogen functional groups attached to an aromatic ring is 2. The standard InChI is InChI=1S/C22H17FN2O3/c1-12-21(26)17-11-16(27-20-10-15(24)6-8-18(20)25)7-9-19(17)28-22(12)13-2-4-14(23)5-3-13/h2-11H,24-25H2,1H3. The number of hydrogen-bond donors (Lipinski definition) is 2. The van der Waals surface area contributed by atoms with Crippen molar-refractivity contribution in [2.24, 2.45) is 0 Å². The normalized spacial score (nSPS) is 10.9. The molecule has 4 N–H and O–H groups in total. The minimum absolute atomic E-state index is 0.188. The van der Waals surface area contributed by atoms with Crippen molar-refractivity contribution in [1.82, 2.24) is 0 Å². The molecule has 0 atom stereocenters. The van der Waals surface area contributed by atoms with Crippen molar-refractivity contribution < 1.29 is 13.5 Å². The summed E-state index contributed by atoms with van der Waals surface area (Å²) in [4.78, 5) is 12.9. The van der Waals surface area contributed by atoms with E-state index in [0.29, 0.717) is 50.7 Å². The van der Waals surface area contributed by atoms with Gasteiger partial charge in [-0.25, -0.2) is 4.39 Å². The lowest BCUT2D eigenvalue weighted by Gasteiger charge is -2.11. The van der Waals surface area contributed by atoms with Gasteiger partial charge < -0.3 is 20.6 Å². The molecule has 0 saturated heterocycles. The Hall–Kier alpha value is -3.80. The van der Waals surface area contributed by atoms with Gasteiger partial charge in [0.2, 0.25) is 0 Å². The summed E-state index contributed by atoms with van der Waals surface area (Å²) in [6, 6.07) is 15.7. The molecule has 140 valence electrons. The van der Waals surface area contributed by atoms with Crippen LogP contribution in [0.4, 0.5) is 15.8 Å². The molecule has 3 aromatic carbocycles. The van der Waals surface area contributed by atoms with Crippen molar-refractivity contribution in [1.29, 1.82) is 0 Å². The highest BCUT2D eigenvalue weighted by atomic mass is 19.1. The van der Waals surface area contributed by atoms with E-state index in [0.717, 1.165) is 0 Å². The van der Waals surface area contributed by atoms with Gasteiger partial charge in [-0.15, -0.1) is 0 Å². The molecule has 0 aliphatic carbocycles. The van der Waals surface area contributed by atoms with Crippen molar-refractivity contribution in [3.63, 3.8) is 0 Å². The van der Waals surface area contributed by atoms with Crippen LogP contribution in [0.15, 0.2) is 69.9 Å². The maximum Gasteiger partial charge on any atom is 0.196 e. The molecule has 0 aliphatic heterocycles. The van der Waals surface area contributed by atoms with E-state index in [-0.39, 0.29) is 11.2 Å². The third-order valence-corrected chi connectivity index (χ3v) is 4.46. The Morgan fingerprint density at radius 1 is 0.964 bits per heavy atom. The fourth-order valence-corrected chi connectivity index (χ4v) is 2.97. The number of benzene rings is 3. The number of anilines is 2. The van der Waals surface area contributed by atoms with Crippen LogP contribution in [0.3, 0.4) is 0 Å². The van der Waals surface area contributed by atoms with E-state index in [4.69, 9.17) is 20.6 Å². The number of halogens is 1. The summed E-state index contributed by atoms with van der Waals surface area (Å²) in [7, 11) is 0. The minimum Gasteiger partial charge on any atom is -0.456 e. The molecule has 28 heavy (non-hydrogen) atoms. The van der Waals surface area contributed by atoms with Gasteiger partial charge in [0.1, 0.15) is 22.9 Å². The molecule has 0 bridgehead atoms. The molecule has 0 radical (unpaired) electrons. The highest BCUT2D eigenvalue weighted by molar-refractivity contribution is 5.82. The summed E-state index contributed by atoms with van der Waals surface area (Å²) in [5.41, 5.74) is 13.9. The average molecular weight is 376 g/mol. The van der Waals surface area contributed by atoms with E-state index in [9.17, 15) is 9.18 Å². The first kappa shape index (κ1) is 17.6. The van der Waals surface area contributed by atoms with Crippen molar-refractivity contribution in [2.75, 3.05) is 11.5 Å². The summed E-state index contributed by atoms with van der Waals surface area (Å²) in [6.45, 7) is 1.67. The Morgan fingerprint density at radius 3 is 2.46 bits per heavy atom. The van der Waals surface area contributed by atoms with Gasteiger partial charge in [-0.05, 0) is 61.5 Å². The molecular weight excluding hydrogens is 359 g/mol. The van der Waals surface area contributed by atoms with Gasteiger partial charge in [0, 0.05) is 22.9 Å². The van der Waals surface area contributed by atoms with E-state index < -0.39 is 0 Å². The van der Waals surface area contributed by atoms with Crippen LogP contribution in [0.2, 0.25) is 0 Å².